The number of aliphatic hydroxyl groups is 2. The highest BCUT2D eigenvalue weighted by Gasteiger charge is 2.32. The van der Waals surface area contributed by atoms with Gasteiger partial charge < -0.3 is 24.4 Å². The van der Waals surface area contributed by atoms with Crippen LogP contribution in [0, 0.1) is 0 Å². The summed E-state index contributed by atoms with van der Waals surface area (Å²) in [4.78, 5) is 0. The van der Waals surface area contributed by atoms with Gasteiger partial charge in [-0.15, -0.1) is 0 Å². The molecule has 2 N–H and O–H groups in total. The molecular weight excluding hydrogens is 200 g/mol. The molecule has 1 saturated heterocycles. The van der Waals surface area contributed by atoms with Crippen LogP contribution in [0.2, 0.25) is 0 Å². The molecule has 0 aromatic rings. The van der Waals surface area contributed by atoms with Crippen molar-refractivity contribution in [3.05, 3.63) is 0 Å². The average molecular weight is 222 g/mol. The van der Waals surface area contributed by atoms with E-state index in [1.54, 1.807) is 0 Å². The van der Waals surface area contributed by atoms with E-state index in [2.05, 4.69) is 0 Å². The standard InChI is InChI=1S/C9H18O5.CH4/c1-9(2)13-6-8(14-9)5-12-4-7(11)3-10;/h7-8,10-11H,3-6H2,1-2H3;1H4. The van der Waals surface area contributed by atoms with Gasteiger partial charge in [0.1, 0.15) is 12.2 Å². The van der Waals surface area contributed by atoms with Crippen molar-refractivity contribution in [2.24, 2.45) is 0 Å². The van der Waals surface area contributed by atoms with E-state index in [9.17, 15) is 0 Å². The Labute approximate surface area is 91.0 Å². The molecule has 0 amide bonds. The molecule has 5 nitrogen and oxygen atoms in total. The lowest BCUT2D eigenvalue weighted by atomic mass is 10.4. The maximum absolute atomic E-state index is 8.99. The van der Waals surface area contributed by atoms with Gasteiger partial charge in [-0.1, -0.05) is 7.43 Å². The molecule has 0 radical (unpaired) electrons. The van der Waals surface area contributed by atoms with Crippen LogP contribution in [-0.2, 0) is 14.2 Å². The summed E-state index contributed by atoms with van der Waals surface area (Å²) in [5.74, 6) is -0.538. The number of ether oxygens (including phenoxy) is 3. The van der Waals surface area contributed by atoms with Crippen molar-refractivity contribution >= 4 is 0 Å². The predicted molar refractivity (Wildman–Crippen MR) is 55.5 cm³/mol. The minimum atomic E-state index is -0.815. The van der Waals surface area contributed by atoms with E-state index in [1.807, 2.05) is 13.8 Å². The van der Waals surface area contributed by atoms with Crippen LogP contribution in [0.3, 0.4) is 0 Å². The normalized spacial score (nSPS) is 26.0. The van der Waals surface area contributed by atoms with E-state index in [0.29, 0.717) is 13.2 Å². The molecule has 2 unspecified atom stereocenters. The van der Waals surface area contributed by atoms with Crippen molar-refractivity contribution < 1.29 is 24.4 Å². The highest BCUT2D eigenvalue weighted by atomic mass is 16.7. The summed E-state index contributed by atoms with van der Waals surface area (Å²) in [5, 5.41) is 17.5. The van der Waals surface area contributed by atoms with E-state index in [4.69, 9.17) is 24.4 Å². The van der Waals surface area contributed by atoms with E-state index in [1.165, 1.54) is 0 Å². The summed E-state index contributed by atoms with van der Waals surface area (Å²) in [7, 11) is 0. The summed E-state index contributed by atoms with van der Waals surface area (Å²) in [6.07, 6.45) is -0.902. The van der Waals surface area contributed by atoms with Crippen LogP contribution in [0.4, 0.5) is 0 Å². The Bertz CT molecular complexity index is 171. The van der Waals surface area contributed by atoms with Gasteiger partial charge >= 0.3 is 0 Å². The smallest absolute Gasteiger partial charge is 0.163 e. The molecule has 0 bridgehead atoms. The lowest BCUT2D eigenvalue weighted by Crippen LogP contribution is -2.26. The van der Waals surface area contributed by atoms with Gasteiger partial charge in [0.15, 0.2) is 5.79 Å². The zero-order chi connectivity index (χ0) is 10.6. The van der Waals surface area contributed by atoms with Crippen molar-refractivity contribution in [3.63, 3.8) is 0 Å². The molecule has 0 aromatic heterocycles. The van der Waals surface area contributed by atoms with Gasteiger partial charge in [-0.2, -0.15) is 0 Å². The van der Waals surface area contributed by atoms with Crippen molar-refractivity contribution in [3.8, 4) is 0 Å². The van der Waals surface area contributed by atoms with Gasteiger partial charge in [-0.3, -0.25) is 0 Å². The van der Waals surface area contributed by atoms with Gasteiger partial charge in [0, 0.05) is 0 Å². The fourth-order valence-corrected chi connectivity index (χ4v) is 1.23. The largest absolute Gasteiger partial charge is 0.394 e. The topological polar surface area (TPSA) is 68.2 Å². The zero-order valence-electron chi connectivity index (χ0n) is 8.60. The maximum Gasteiger partial charge on any atom is 0.163 e. The van der Waals surface area contributed by atoms with Crippen LogP contribution < -0.4 is 0 Å². The maximum atomic E-state index is 8.99. The SMILES string of the molecule is C.CC1(C)OCC(COCC(O)CO)O1. The fraction of sp³-hybridized carbons (Fsp3) is 1.00. The van der Waals surface area contributed by atoms with Crippen LogP contribution in [-0.4, -0.2) is 54.6 Å². The molecular formula is C10H22O5. The van der Waals surface area contributed by atoms with Crippen LogP contribution in [0.15, 0.2) is 0 Å². The number of hydrogen-bond acceptors (Lipinski definition) is 5. The first kappa shape index (κ1) is 14.8. The molecule has 1 aliphatic heterocycles. The highest BCUT2D eigenvalue weighted by molar-refractivity contribution is 4.70. The highest BCUT2D eigenvalue weighted by Crippen LogP contribution is 2.22. The molecule has 5 heteroatoms. The number of aliphatic hydroxyl groups excluding tert-OH is 2. The predicted octanol–water partition coefficient (Wildman–Crippen LogP) is 0.144. The molecule has 92 valence electrons. The molecule has 15 heavy (non-hydrogen) atoms. The Morgan fingerprint density at radius 2 is 2.20 bits per heavy atom. The Morgan fingerprint density at radius 3 is 2.67 bits per heavy atom. The first-order valence-corrected chi connectivity index (χ1v) is 4.72. The van der Waals surface area contributed by atoms with Gasteiger partial charge in [0.2, 0.25) is 0 Å². The van der Waals surface area contributed by atoms with Gasteiger partial charge in [-0.05, 0) is 13.8 Å². The molecule has 1 rings (SSSR count). The van der Waals surface area contributed by atoms with Crippen molar-refractivity contribution in [1.82, 2.24) is 0 Å². The minimum absolute atomic E-state index is 0. The molecule has 1 fully saturated rings. The van der Waals surface area contributed by atoms with Gasteiger partial charge in [0.05, 0.1) is 26.4 Å². The van der Waals surface area contributed by atoms with Crippen LogP contribution in [0.5, 0.6) is 0 Å². The van der Waals surface area contributed by atoms with E-state index < -0.39 is 11.9 Å². The zero-order valence-corrected chi connectivity index (χ0v) is 8.60. The lowest BCUT2D eigenvalue weighted by molar-refractivity contribution is -0.146. The second-order valence-corrected chi connectivity index (χ2v) is 3.82. The number of rotatable bonds is 5. The van der Waals surface area contributed by atoms with Crippen molar-refractivity contribution in [1.29, 1.82) is 0 Å². The Morgan fingerprint density at radius 1 is 1.53 bits per heavy atom. The quantitative estimate of drug-likeness (QED) is 0.692. The third kappa shape index (κ3) is 5.44. The number of hydrogen-bond donors (Lipinski definition) is 2. The first-order valence-electron chi connectivity index (χ1n) is 4.72. The summed E-state index contributed by atoms with van der Waals surface area (Å²) >= 11 is 0. The van der Waals surface area contributed by atoms with E-state index >= 15 is 0 Å². The summed E-state index contributed by atoms with van der Waals surface area (Å²) in [6.45, 7) is 4.40. The second-order valence-electron chi connectivity index (χ2n) is 3.82. The van der Waals surface area contributed by atoms with Gasteiger partial charge in [0.25, 0.3) is 0 Å². The summed E-state index contributed by atoms with van der Waals surface area (Å²) in [5.41, 5.74) is 0. The molecule has 2 atom stereocenters. The Kier molecular flexibility index (Phi) is 6.31. The average Bonchev–Trinajstić information content (AvgIpc) is 2.45. The summed E-state index contributed by atoms with van der Waals surface area (Å²) in [6, 6.07) is 0. The van der Waals surface area contributed by atoms with E-state index in [0.717, 1.165) is 0 Å². The second kappa shape index (κ2) is 6.40. The van der Waals surface area contributed by atoms with Crippen molar-refractivity contribution in [2.75, 3.05) is 26.4 Å². The van der Waals surface area contributed by atoms with Crippen molar-refractivity contribution in [2.45, 2.75) is 39.3 Å². The Balaban J connectivity index is 0.00000196. The van der Waals surface area contributed by atoms with Crippen LogP contribution in [0.1, 0.15) is 21.3 Å². The van der Waals surface area contributed by atoms with Gasteiger partial charge in [-0.25, -0.2) is 0 Å². The molecule has 0 aliphatic carbocycles. The third-order valence-corrected chi connectivity index (χ3v) is 1.89. The fourth-order valence-electron chi connectivity index (χ4n) is 1.23. The molecule has 1 heterocycles. The summed E-state index contributed by atoms with van der Waals surface area (Å²) < 4.78 is 15.9. The molecule has 0 spiro atoms. The molecule has 1 aliphatic rings. The first-order chi connectivity index (χ1) is 6.53. The molecule has 0 aromatic carbocycles. The van der Waals surface area contributed by atoms with Crippen LogP contribution >= 0.6 is 0 Å². The lowest BCUT2D eigenvalue weighted by Gasteiger charge is -2.17. The monoisotopic (exact) mass is 222 g/mol. The van der Waals surface area contributed by atoms with Crippen LogP contribution in [0.25, 0.3) is 0 Å². The van der Waals surface area contributed by atoms with E-state index in [-0.39, 0.29) is 26.7 Å². The third-order valence-electron chi connectivity index (χ3n) is 1.89. The molecule has 0 saturated carbocycles. The minimum Gasteiger partial charge on any atom is -0.394 e. The Hall–Kier alpha value is -0.200.